The summed E-state index contributed by atoms with van der Waals surface area (Å²) in [7, 11) is 0. The molecule has 0 aliphatic carbocycles. The van der Waals surface area contributed by atoms with Gasteiger partial charge < -0.3 is 5.73 Å². The van der Waals surface area contributed by atoms with Gasteiger partial charge in [-0.2, -0.15) is 0 Å². The van der Waals surface area contributed by atoms with Gasteiger partial charge in [-0.1, -0.05) is 48.0 Å². The van der Waals surface area contributed by atoms with Crippen LogP contribution in [0.5, 0.6) is 0 Å². The quantitative estimate of drug-likeness (QED) is 0.885. The van der Waals surface area contributed by atoms with Crippen LogP contribution in [0.25, 0.3) is 0 Å². The third-order valence-corrected chi connectivity index (χ3v) is 5.65. The minimum absolute atomic E-state index is 0.574. The summed E-state index contributed by atoms with van der Waals surface area (Å²) in [4.78, 5) is 1.47. The summed E-state index contributed by atoms with van der Waals surface area (Å²) in [5.74, 6) is 2.46. The minimum atomic E-state index is 0.574. The molecule has 21 heavy (non-hydrogen) atoms. The lowest BCUT2D eigenvalue weighted by Crippen LogP contribution is -2.20. The fraction of sp³-hybridized carbons (Fsp3) is 0.368. The predicted molar refractivity (Wildman–Crippen MR) is 92.0 cm³/mol. The van der Waals surface area contributed by atoms with Gasteiger partial charge in [0, 0.05) is 10.6 Å². The monoisotopic (exact) mass is 297 g/mol. The van der Waals surface area contributed by atoms with Crippen LogP contribution >= 0.6 is 11.8 Å². The second-order valence-electron chi connectivity index (χ2n) is 6.07. The normalized spacial score (nSPS) is 18.5. The fourth-order valence-electron chi connectivity index (χ4n) is 3.15. The maximum Gasteiger partial charge on any atom is 0.0107 e. The summed E-state index contributed by atoms with van der Waals surface area (Å²) in [6.07, 6.45) is 2.30. The molecule has 0 bridgehead atoms. The van der Waals surface area contributed by atoms with E-state index in [0.29, 0.717) is 11.8 Å². The first-order valence-corrected chi connectivity index (χ1v) is 8.72. The Morgan fingerprint density at radius 1 is 1.14 bits per heavy atom. The number of nitrogens with two attached hydrogens (primary N) is 1. The number of rotatable bonds is 5. The molecule has 1 heterocycles. The van der Waals surface area contributed by atoms with Crippen LogP contribution in [0.2, 0.25) is 0 Å². The highest BCUT2D eigenvalue weighted by Gasteiger charge is 2.25. The lowest BCUT2D eigenvalue weighted by Gasteiger charge is -2.19. The molecule has 0 saturated carbocycles. The maximum absolute atomic E-state index is 6.04. The van der Waals surface area contributed by atoms with Gasteiger partial charge >= 0.3 is 0 Å². The van der Waals surface area contributed by atoms with E-state index in [1.807, 2.05) is 11.8 Å². The highest BCUT2D eigenvalue weighted by atomic mass is 32.2. The van der Waals surface area contributed by atoms with Gasteiger partial charge in [0.25, 0.3) is 0 Å². The van der Waals surface area contributed by atoms with Crippen LogP contribution in [-0.4, -0.2) is 12.3 Å². The smallest absolute Gasteiger partial charge is 0.0107 e. The molecule has 0 fully saturated rings. The van der Waals surface area contributed by atoms with Gasteiger partial charge in [-0.15, -0.1) is 11.8 Å². The molecule has 1 nitrogen and oxygen atoms in total. The molecule has 0 radical (unpaired) electrons. The van der Waals surface area contributed by atoms with Crippen molar-refractivity contribution in [2.75, 3.05) is 12.3 Å². The lowest BCUT2D eigenvalue weighted by molar-refractivity contribution is 0.457. The fourth-order valence-corrected chi connectivity index (χ4v) is 4.42. The number of fused-ring (bicyclic) bond motifs is 1. The molecule has 2 aromatic rings. The van der Waals surface area contributed by atoms with E-state index in [0.717, 1.165) is 13.0 Å². The average molecular weight is 297 g/mol. The van der Waals surface area contributed by atoms with Crippen LogP contribution in [0.15, 0.2) is 53.4 Å². The number of aryl methyl sites for hydroxylation is 1. The highest BCUT2D eigenvalue weighted by Crippen LogP contribution is 2.42. The van der Waals surface area contributed by atoms with Crippen LogP contribution in [-0.2, 0) is 6.42 Å². The van der Waals surface area contributed by atoms with Crippen molar-refractivity contribution >= 4 is 11.8 Å². The van der Waals surface area contributed by atoms with Crippen molar-refractivity contribution in [2.45, 2.75) is 30.6 Å². The molecule has 0 saturated heterocycles. The molecule has 0 amide bonds. The third-order valence-electron chi connectivity index (χ3n) is 4.40. The zero-order valence-electron chi connectivity index (χ0n) is 12.6. The molecule has 2 N–H and O–H groups in total. The largest absolute Gasteiger partial charge is 0.330 e. The van der Waals surface area contributed by atoms with Crippen molar-refractivity contribution in [2.24, 2.45) is 11.7 Å². The van der Waals surface area contributed by atoms with Crippen molar-refractivity contribution in [1.82, 2.24) is 0 Å². The van der Waals surface area contributed by atoms with E-state index in [1.54, 1.807) is 0 Å². The van der Waals surface area contributed by atoms with Gasteiger partial charge in [-0.05, 0) is 55.3 Å². The number of thioether (sulfide) groups is 1. The summed E-state index contributed by atoms with van der Waals surface area (Å²) < 4.78 is 0. The van der Waals surface area contributed by atoms with Crippen molar-refractivity contribution in [3.8, 4) is 0 Å². The average Bonchev–Trinajstić information content (AvgIpc) is 2.92. The second kappa shape index (κ2) is 6.67. The van der Waals surface area contributed by atoms with E-state index >= 15 is 0 Å². The van der Waals surface area contributed by atoms with Crippen LogP contribution < -0.4 is 5.73 Å². The van der Waals surface area contributed by atoms with Gasteiger partial charge in [0.15, 0.2) is 0 Å². The molecule has 0 aromatic heterocycles. The van der Waals surface area contributed by atoms with Crippen LogP contribution in [0.3, 0.4) is 0 Å². The first-order valence-electron chi connectivity index (χ1n) is 7.73. The molecule has 3 rings (SSSR count). The summed E-state index contributed by atoms with van der Waals surface area (Å²) in [5, 5.41) is 0. The Morgan fingerprint density at radius 3 is 2.67 bits per heavy atom. The van der Waals surface area contributed by atoms with Crippen molar-refractivity contribution < 1.29 is 0 Å². The Labute approximate surface area is 132 Å². The molecule has 110 valence electrons. The van der Waals surface area contributed by atoms with E-state index in [1.165, 1.54) is 33.8 Å². The first-order chi connectivity index (χ1) is 10.3. The Hall–Kier alpha value is -1.25. The maximum atomic E-state index is 6.04. The minimum Gasteiger partial charge on any atom is -0.330 e. The van der Waals surface area contributed by atoms with Gasteiger partial charge in [0.1, 0.15) is 0 Å². The molecular formula is C19H23NS. The third kappa shape index (κ3) is 3.50. The summed E-state index contributed by atoms with van der Waals surface area (Å²) in [6, 6.07) is 17.7. The van der Waals surface area contributed by atoms with Crippen LogP contribution in [0, 0.1) is 12.8 Å². The Morgan fingerprint density at radius 2 is 1.90 bits per heavy atom. The zero-order chi connectivity index (χ0) is 14.7. The summed E-state index contributed by atoms with van der Waals surface area (Å²) in [6.45, 7) is 2.91. The van der Waals surface area contributed by atoms with Gasteiger partial charge in [-0.25, -0.2) is 0 Å². The molecular weight excluding hydrogens is 274 g/mol. The van der Waals surface area contributed by atoms with Gasteiger partial charge in [0.05, 0.1) is 0 Å². The number of hydrogen-bond donors (Lipinski definition) is 1. The summed E-state index contributed by atoms with van der Waals surface area (Å²) >= 11 is 2.00. The molecule has 2 aromatic carbocycles. The van der Waals surface area contributed by atoms with Gasteiger partial charge in [-0.3, -0.25) is 0 Å². The molecule has 2 heteroatoms. The zero-order valence-corrected chi connectivity index (χ0v) is 13.4. The molecule has 2 unspecified atom stereocenters. The van der Waals surface area contributed by atoms with E-state index < -0.39 is 0 Å². The molecule has 1 aliphatic heterocycles. The first kappa shape index (κ1) is 14.7. The van der Waals surface area contributed by atoms with Crippen molar-refractivity contribution in [3.05, 3.63) is 65.2 Å². The van der Waals surface area contributed by atoms with Crippen molar-refractivity contribution in [1.29, 1.82) is 0 Å². The topological polar surface area (TPSA) is 26.0 Å². The van der Waals surface area contributed by atoms with E-state index in [4.69, 9.17) is 5.73 Å². The molecule has 2 atom stereocenters. The molecule has 1 aliphatic rings. The van der Waals surface area contributed by atoms with Crippen LogP contribution in [0.4, 0.5) is 0 Å². The Balaban J connectivity index is 1.67. The van der Waals surface area contributed by atoms with Crippen LogP contribution in [0.1, 0.15) is 29.0 Å². The SMILES string of the molecule is Cc1ccc(CC(CN)CC2CSc3ccccc32)cc1. The Kier molecular flexibility index (Phi) is 4.67. The standard InChI is InChI=1S/C19H23NS/c1-14-6-8-15(9-7-14)10-16(12-20)11-17-13-21-19-5-3-2-4-18(17)19/h2-9,16-17H,10-13,20H2,1H3. The predicted octanol–water partition coefficient (Wildman–Crippen LogP) is 4.39. The van der Waals surface area contributed by atoms with Gasteiger partial charge in [0.2, 0.25) is 0 Å². The van der Waals surface area contributed by atoms with E-state index in [-0.39, 0.29) is 0 Å². The van der Waals surface area contributed by atoms with E-state index in [9.17, 15) is 0 Å². The summed E-state index contributed by atoms with van der Waals surface area (Å²) in [5.41, 5.74) is 10.3. The molecule has 0 spiro atoms. The number of hydrogen-bond acceptors (Lipinski definition) is 2. The van der Waals surface area contributed by atoms with E-state index in [2.05, 4.69) is 55.5 Å². The lowest BCUT2D eigenvalue weighted by atomic mass is 9.86. The number of benzene rings is 2. The van der Waals surface area contributed by atoms with Crippen molar-refractivity contribution in [3.63, 3.8) is 0 Å². The highest BCUT2D eigenvalue weighted by molar-refractivity contribution is 7.99. The Bertz CT molecular complexity index is 591. The second-order valence-corrected chi connectivity index (χ2v) is 7.13.